The molecular weight excluding hydrogens is 435 g/mol. The first-order valence-electron chi connectivity index (χ1n) is 10.8. The lowest BCUT2D eigenvalue weighted by molar-refractivity contribution is -0.126. The normalized spacial score (nSPS) is 15.8. The highest BCUT2D eigenvalue weighted by molar-refractivity contribution is 6.03. The minimum Gasteiger partial charge on any atom is -0.361 e. The number of hydrazine groups is 1. The zero-order chi connectivity index (χ0) is 23.8. The van der Waals surface area contributed by atoms with Gasteiger partial charge in [0.1, 0.15) is 11.9 Å². The zero-order valence-electron chi connectivity index (χ0n) is 18.2. The Morgan fingerprint density at radius 3 is 2.44 bits per heavy atom. The first-order chi connectivity index (χ1) is 16.5. The summed E-state index contributed by atoms with van der Waals surface area (Å²) in [5.74, 6) is -1.88. The van der Waals surface area contributed by atoms with Crippen molar-refractivity contribution < 1.29 is 18.8 Å². The van der Waals surface area contributed by atoms with E-state index in [1.54, 1.807) is 19.1 Å². The molecule has 8 heteroatoms. The third-order valence-electron chi connectivity index (χ3n) is 6.12. The third-order valence-corrected chi connectivity index (χ3v) is 6.12. The van der Waals surface area contributed by atoms with Crippen molar-refractivity contribution in [3.05, 3.63) is 107 Å². The average molecular weight is 456 g/mol. The van der Waals surface area contributed by atoms with Crippen molar-refractivity contribution in [3.63, 3.8) is 0 Å². The van der Waals surface area contributed by atoms with Crippen LogP contribution in [0.1, 0.15) is 44.8 Å². The highest BCUT2D eigenvalue weighted by Crippen LogP contribution is 2.42. The van der Waals surface area contributed by atoms with Gasteiger partial charge in [0.25, 0.3) is 17.7 Å². The van der Waals surface area contributed by atoms with Gasteiger partial charge in [-0.05, 0) is 48.9 Å². The van der Waals surface area contributed by atoms with Gasteiger partial charge in [-0.2, -0.15) is 0 Å². The van der Waals surface area contributed by atoms with Gasteiger partial charge in [-0.15, -0.1) is 0 Å². The molecule has 7 nitrogen and oxygen atoms in total. The Labute approximate surface area is 194 Å². The first kappa shape index (κ1) is 21.4. The molecule has 2 atom stereocenters. The molecule has 0 saturated carbocycles. The van der Waals surface area contributed by atoms with E-state index in [0.29, 0.717) is 5.56 Å². The van der Waals surface area contributed by atoms with E-state index in [1.165, 1.54) is 17.0 Å². The lowest BCUT2D eigenvalue weighted by Crippen LogP contribution is -2.52. The van der Waals surface area contributed by atoms with Crippen LogP contribution in [0.3, 0.4) is 0 Å². The van der Waals surface area contributed by atoms with E-state index in [1.807, 2.05) is 42.6 Å². The molecule has 1 aliphatic heterocycles. The summed E-state index contributed by atoms with van der Waals surface area (Å²) in [5, 5.41) is 0.958. The van der Waals surface area contributed by atoms with Gasteiger partial charge in [-0.3, -0.25) is 25.2 Å². The molecule has 2 unspecified atom stereocenters. The van der Waals surface area contributed by atoms with Crippen LogP contribution < -0.4 is 10.9 Å². The molecule has 3 N–H and O–H groups in total. The predicted molar refractivity (Wildman–Crippen MR) is 124 cm³/mol. The fraction of sp³-hybridized carbons (Fsp3) is 0.115. The summed E-state index contributed by atoms with van der Waals surface area (Å²) in [6.07, 6.45) is 1.86. The minimum atomic E-state index is -0.896. The molecule has 5 rings (SSSR count). The monoisotopic (exact) mass is 456 g/mol. The third kappa shape index (κ3) is 3.59. The Balaban J connectivity index is 1.42. The number of hydrogen-bond donors (Lipinski definition) is 3. The Bertz CT molecular complexity index is 1410. The molecule has 0 spiro atoms. The standard InChI is InChI=1S/C26H21FN4O3/c1-15(24(32)29-30-25(33)16-10-12-17(27)13-11-16)31-23(19-7-2-3-8-20(19)26(31)34)21-14-28-22-9-5-4-6-18(21)22/h2-15,23,28H,1H3,(H,29,32)(H,30,33). The van der Waals surface area contributed by atoms with E-state index < -0.39 is 29.7 Å². The Morgan fingerprint density at radius 1 is 0.941 bits per heavy atom. The summed E-state index contributed by atoms with van der Waals surface area (Å²) in [6, 6.07) is 18.6. The molecule has 0 radical (unpaired) electrons. The van der Waals surface area contributed by atoms with Gasteiger partial charge in [-0.25, -0.2) is 4.39 Å². The molecule has 4 aromatic rings. The largest absolute Gasteiger partial charge is 0.361 e. The number of nitrogens with zero attached hydrogens (tertiary/aromatic N) is 1. The van der Waals surface area contributed by atoms with E-state index in [-0.39, 0.29) is 11.5 Å². The van der Waals surface area contributed by atoms with E-state index in [4.69, 9.17) is 0 Å². The lowest BCUT2D eigenvalue weighted by Gasteiger charge is -2.30. The molecule has 0 fully saturated rings. The molecule has 3 amide bonds. The van der Waals surface area contributed by atoms with Crippen LogP contribution in [0.5, 0.6) is 0 Å². The van der Waals surface area contributed by atoms with Gasteiger partial charge in [0.15, 0.2) is 0 Å². The number of benzene rings is 3. The van der Waals surface area contributed by atoms with E-state index >= 15 is 0 Å². The summed E-state index contributed by atoms with van der Waals surface area (Å²) >= 11 is 0. The van der Waals surface area contributed by atoms with Crippen molar-refractivity contribution in [3.8, 4) is 0 Å². The molecule has 0 bridgehead atoms. The Hall–Kier alpha value is -4.46. The molecule has 170 valence electrons. The van der Waals surface area contributed by atoms with Crippen molar-refractivity contribution >= 4 is 28.6 Å². The second-order valence-electron chi connectivity index (χ2n) is 8.12. The Kier molecular flexibility index (Phi) is 5.33. The number of rotatable bonds is 4. The van der Waals surface area contributed by atoms with Gasteiger partial charge in [0.2, 0.25) is 0 Å². The van der Waals surface area contributed by atoms with Gasteiger partial charge < -0.3 is 9.88 Å². The number of aromatic nitrogens is 1. The maximum absolute atomic E-state index is 13.4. The van der Waals surface area contributed by atoms with Crippen LogP contribution in [0.25, 0.3) is 10.9 Å². The van der Waals surface area contributed by atoms with Gasteiger partial charge in [0.05, 0.1) is 6.04 Å². The summed E-state index contributed by atoms with van der Waals surface area (Å²) in [6.45, 7) is 1.62. The number of H-pyrrole nitrogens is 1. The van der Waals surface area contributed by atoms with Gasteiger partial charge in [0, 0.05) is 33.8 Å². The van der Waals surface area contributed by atoms with Gasteiger partial charge in [-0.1, -0.05) is 36.4 Å². The SMILES string of the molecule is CC(C(=O)NNC(=O)c1ccc(F)cc1)N1C(=O)c2ccccc2C1c1c[nH]c2ccccc12. The van der Waals surface area contributed by atoms with Crippen LogP contribution in [0.15, 0.2) is 79.0 Å². The van der Waals surface area contributed by atoms with Crippen molar-refractivity contribution in [1.29, 1.82) is 0 Å². The number of carbonyl (C=O) groups is 3. The van der Waals surface area contributed by atoms with Crippen LogP contribution in [-0.4, -0.2) is 33.6 Å². The zero-order valence-corrected chi connectivity index (χ0v) is 18.2. The fourth-order valence-electron chi connectivity index (χ4n) is 4.40. The van der Waals surface area contributed by atoms with E-state index in [0.717, 1.165) is 34.2 Å². The van der Waals surface area contributed by atoms with Crippen molar-refractivity contribution in [2.45, 2.75) is 19.0 Å². The molecule has 1 aromatic heterocycles. The number of hydrogen-bond acceptors (Lipinski definition) is 3. The number of carbonyl (C=O) groups excluding carboxylic acids is 3. The average Bonchev–Trinajstić information content (AvgIpc) is 3.41. The molecule has 2 heterocycles. The van der Waals surface area contributed by atoms with Crippen LogP contribution in [0, 0.1) is 5.82 Å². The smallest absolute Gasteiger partial charge is 0.269 e. The van der Waals surface area contributed by atoms with Crippen LogP contribution in [0.4, 0.5) is 4.39 Å². The highest BCUT2D eigenvalue weighted by Gasteiger charge is 2.43. The Morgan fingerprint density at radius 2 is 1.65 bits per heavy atom. The number of amides is 3. The summed E-state index contributed by atoms with van der Waals surface area (Å²) in [5.41, 5.74) is 8.07. The number of aromatic amines is 1. The summed E-state index contributed by atoms with van der Waals surface area (Å²) < 4.78 is 13.1. The topological polar surface area (TPSA) is 94.3 Å². The van der Waals surface area contributed by atoms with Crippen LogP contribution in [0.2, 0.25) is 0 Å². The first-order valence-corrected chi connectivity index (χ1v) is 10.8. The number of halogens is 1. The van der Waals surface area contributed by atoms with E-state index in [2.05, 4.69) is 15.8 Å². The summed E-state index contributed by atoms with van der Waals surface area (Å²) in [4.78, 5) is 43.5. The number of fused-ring (bicyclic) bond motifs is 2. The maximum Gasteiger partial charge on any atom is 0.269 e. The predicted octanol–water partition coefficient (Wildman–Crippen LogP) is 3.70. The molecular formula is C26H21FN4O3. The lowest BCUT2D eigenvalue weighted by atomic mass is 9.97. The second-order valence-corrected chi connectivity index (χ2v) is 8.12. The number of para-hydroxylation sites is 1. The van der Waals surface area contributed by atoms with E-state index in [9.17, 15) is 18.8 Å². The quantitative estimate of drug-likeness (QED) is 0.409. The second kappa shape index (κ2) is 8.47. The van der Waals surface area contributed by atoms with Crippen molar-refractivity contribution in [2.75, 3.05) is 0 Å². The highest BCUT2D eigenvalue weighted by atomic mass is 19.1. The molecule has 3 aromatic carbocycles. The summed E-state index contributed by atoms with van der Waals surface area (Å²) in [7, 11) is 0. The molecule has 34 heavy (non-hydrogen) atoms. The van der Waals surface area contributed by atoms with Crippen LogP contribution in [-0.2, 0) is 4.79 Å². The van der Waals surface area contributed by atoms with Crippen molar-refractivity contribution in [1.82, 2.24) is 20.7 Å². The molecule has 1 aliphatic rings. The maximum atomic E-state index is 13.4. The molecule has 0 saturated heterocycles. The van der Waals surface area contributed by atoms with Crippen molar-refractivity contribution in [2.24, 2.45) is 0 Å². The minimum absolute atomic E-state index is 0.190. The van der Waals surface area contributed by atoms with Gasteiger partial charge >= 0.3 is 0 Å². The molecule has 0 aliphatic carbocycles. The fourth-order valence-corrected chi connectivity index (χ4v) is 4.40. The van der Waals surface area contributed by atoms with Crippen LogP contribution >= 0.6 is 0 Å². The number of nitrogens with one attached hydrogen (secondary N) is 3.